The van der Waals surface area contributed by atoms with Gasteiger partial charge in [-0.2, -0.15) is 0 Å². The second-order valence-corrected chi connectivity index (χ2v) is 20.0. The van der Waals surface area contributed by atoms with E-state index in [2.05, 4.69) is 15.2 Å². The van der Waals surface area contributed by atoms with Crippen molar-refractivity contribution in [2.75, 3.05) is 26.3 Å². The summed E-state index contributed by atoms with van der Waals surface area (Å²) in [4.78, 5) is 61.0. The highest BCUT2D eigenvalue weighted by atomic mass is 16.7. The Hall–Kier alpha value is -4.43. The molecule has 1 amide bonds. The predicted octanol–water partition coefficient (Wildman–Crippen LogP) is 3.52. The molecule has 1 aromatic carbocycles. The maximum Gasteiger partial charge on any atom is 0.408 e. The molecule has 0 unspecified atom stereocenters. The Balaban J connectivity index is 1.26. The second-order valence-electron chi connectivity index (χ2n) is 20.0. The van der Waals surface area contributed by atoms with Gasteiger partial charge in [0.15, 0.2) is 24.4 Å². The van der Waals surface area contributed by atoms with Crippen LogP contribution in [0.3, 0.4) is 0 Å². The number of ether oxygens (including phenoxy) is 7. The summed E-state index contributed by atoms with van der Waals surface area (Å²) in [7, 11) is 0. The number of fused-ring (bicyclic) bond motifs is 8. The Kier molecular flexibility index (Phi) is 12.1. The van der Waals surface area contributed by atoms with Crippen LogP contribution < -0.4 is 5.32 Å². The topological polar surface area (TPSA) is 235 Å². The molecule has 0 radical (unpaired) electrons. The van der Waals surface area contributed by atoms with E-state index >= 15 is 0 Å². The third kappa shape index (κ3) is 7.81. The maximum atomic E-state index is 14.5. The van der Waals surface area contributed by atoms with E-state index in [9.17, 15) is 34.5 Å². The van der Waals surface area contributed by atoms with Crippen molar-refractivity contribution in [3.63, 3.8) is 0 Å². The number of benzene rings is 1. The van der Waals surface area contributed by atoms with Gasteiger partial charge in [0.05, 0.1) is 37.0 Å². The summed E-state index contributed by atoms with van der Waals surface area (Å²) in [6.07, 6.45) is -5.22. The maximum absolute atomic E-state index is 14.5. The van der Waals surface area contributed by atoms with Crippen molar-refractivity contribution in [1.82, 2.24) is 15.2 Å². The van der Waals surface area contributed by atoms with Crippen LogP contribution in [0.15, 0.2) is 58.5 Å². The van der Waals surface area contributed by atoms with Crippen LogP contribution in [0.1, 0.15) is 103 Å². The van der Waals surface area contributed by atoms with Gasteiger partial charge in [0.2, 0.25) is 0 Å². The van der Waals surface area contributed by atoms with Gasteiger partial charge in [0.1, 0.15) is 47.4 Å². The molecule has 3 aliphatic heterocycles. The molecular formula is C46H61N3O15. The van der Waals surface area contributed by atoms with E-state index in [0.29, 0.717) is 30.5 Å². The fourth-order valence-electron chi connectivity index (χ4n) is 11.4. The summed E-state index contributed by atoms with van der Waals surface area (Å²) in [5.74, 6) is -3.56. The molecule has 0 spiro atoms. The highest BCUT2D eigenvalue weighted by Crippen LogP contribution is 2.66. The smallest absolute Gasteiger partial charge is 0.408 e. The van der Waals surface area contributed by atoms with Gasteiger partial charge in [0, 0.05) is 43.3 Å². The van der Waals surface area contributed by atoms with Gasteiger partial charge < -0.3 is 58.2 Å². The molecule has 6 aliphatic rings. The number of nitrogens with zero attached hydrogens (tertiary/aromatic N) is 2. The third-order valence-electron chi connectivity index (χ3n) is 14.7. The zero-order valence-corrected chi connectivity index (χ0v) is 37.6. The second kappa shape index (κ2) is 16.8. The molecule has 350 valence electrons. The number of rotatable bonds is 11. The van der Waals surface area contributed by atoms with E-state index in [-0.39, 0.29) is 37.0 Å². The standard InChI is InChI=1S/C46H61N3O15/c1-24-28(59-40(54)34(52)33(29-19-47-23-58-29)48-41(55)64-42(3,4)5)18-46(56)38(62-39(53)26-12-10-9-11-13-26)36-44(8,16-14-30-45(36,22-57-30)63-25(2)51)37-35(32(24)43(46,6)7)60-31(61-37)20-49-17-15-27(49)21-50/h9-13,19,23,27-28,30-31,33-38,50,52,56H,14-18,20-22H2,1-8H3,(H,48,55)/t27-,28-,30+,31+,33-,34+,35+,36-,37+,38-,44+,45-,46+/m0/s1. The van der Waals surface area contributed by atoms with Crippen LogP contribution in [0.25, 0.3) is 0 Å². The van der Waals surface area contributed by atoms with Gasteiger partial charge in [0.25, 0.3) is 0 Å². The molecule has 3 saturated heterocycles. The summed E-state index contributed by atoms with van der Waals surface area (Å²) >= 11 is 0. The number of aliphatic hydroxyl groups excluding tert-OH is 2. The number of carbonyl (C=O) groups is 4. The lowest BCUT2D eigenvalue weighted by Crippen LogP contribution is -2.79. The number of amides is 1. The number of likely N-dealkylation sites (tertiary alicyclic amines) is 1. The number of carbonyl (C=O) groups excluding carboxylic acids is 4. The summed E-state index contributed by atoms with van der Waals surface area (Å²) < 4.78 is 50.2. The van der Waals surface area contributed by atoms with Gasteiger partial charge in [-0.15, -0.1) is 0 Å². The lowest BCUT2D eigenvalue weighted by atomic mass is 9.45. The van der Waals surface area contributed by atoms with E-state index in [4.69, 9.17) is 37.6 Å². The van der Waals surface area contributed by atoms with Gasteiger partial charge in [-0.05, 0) is 70.2 Å². The Morgan fingerprint density at radius 1 is 1.06 bits per heavy atom. The third-order valence-corrected chi connectivity index (χ3v) is 14.7. The van der Waals surface area contributed by atoms with Crippen molar-refractivity contribution < 1.29 is 72.1 Å². The Morgan fingerprint density at radius 3 is 2.39 bits per heavy atom. The first-order chi connectivity index (χ1) is 30.1. The number of hydrogen-bond donors (Lipinski definition) is 4. The Morgan fingerprint density at radius 2 is 1.80 bits per heavy atom. The summed E-state index contributed by atoms with van der Waals surface area (Å²) in [5.41, 5.74) is -5.52. The lowest BCUT2D eigenvalue weighted by Gasteiger charge is -2.68. The zero-order chi connectivity index (χ0) is 46.1. The molecule has 2 bridgehead atoms. The SMILES string of the molecule is CC(=O)O[C@@]12CO[C@@H]1CC[C@@]1(C)[C@@H]3O[C@H](CN4CC[C@H]4CO)O[C@@H]3C3=C(C)[C@@H](OC(=O)[C@H](O)[C@@H](NC(=O)OC(C)(C)C)c4cnco4)C[C@@](O)([C@@H](OC(=O)c4ccccc4)[C@@H]12)C3(C)C. The van der Waals surface area contributed by atoms with Gasteiger partial charge in [-0.3, -0.25) is 9.69 Å². The summed E-state index contributed by atoms with van der Waals surface area (Å²) in [5, 5.41) is 38.2. The summed E-state index contributed by atoms with van der Waals surface area (Å²) in [6, 6.07) is 6.76. The van der Waals surface area contributed by atoms with Crippen LogP contribution in [-0.2, 0) is 42.7 Å². The minimum Gasteiger partial charge on any atom is -0.456 e. The lowest BCUT2D eigenvalue weighted by molar-refractivity contribution is -0.345. The number of nitrogens with one attached hydrogen (secondary N) is 1. The minimum atomic E-state index is -2.11. The van der Waals surface area contributed by atoms with Crippen LogP contribution in [0, 0.1) is 16.7 Å². The largest absolute Gasteiger partial charge is 0.456 e. The van der Waals surface area contributed by atoms with Crippen LogP contribution in [0.5, 0.6) is 0 Å². The van der Waals surface area contributed by atoms with Gasteiger partial charge >= 0.3 is 24.0 Å². The van der Waals surface area contributed by atoms with Crippen LogP contribution in [-0.4, -0.2) is 141 Å². The van der Waals surface area contributed by atoms with Crippen LogP contribution in [0.4, 0.5) is 4.79 Å². The molecule has 18 nitrogen and oxygen atoms in total. The van der Waals surface area contributed by atoms with Crippen LogP contribution >= 0.6 is 0 Å². The average Bonchev–Trinajstić information content (AvgIpc) is 3.89. The number of esters is 3. The number of alkyl carbamates (subject to hydrolysis) is 1. The molecule has 8 rings (SSSR count). The highest BCUT2D eigenvalue weighted by Gasteiger charge is 2.77. The van der Waals surface area contributed by atoms with Crippen molar-refractivity contribution in [3.8, 4) is 0 Å². The van der Waals surface area contributed by atoms with Gasteiger partial charge in [-0.25, -0.2) is 19.4 Å². The molecule has 18 heteroatoms. The van der Waals surface area contributed by atoms with E-state index in [1.807, 2.05) is 20.8 Å². The number of aliphatic hydroxyl groups is 3. The fourth-order valence-corrected chi connectivity index (χ4v) is 11.4. The Labute approximate surface area is 371 Å². The molecule has 3 aliphatic carbocycles. The molecule has 64 heavy (non-hydrogen) atoms. The van der Waals surface area contributed by atoms with Crippen molar-refractivity contribution in [2.24, 2.45) is 16.7 Å². The first-order valence-corrected chi connectivity index (χ1v) is 22.1. The first-order valence-electron chi connectivity index (χ1n) is 22.1. The van der Waals surface area contributed by atoms with Crippen molar-refractivity contribution in [2.45, 2.75) is 153 Å². The summed E-state index contributed by atoms with van der Waals surface area (Å²) in [6.45, 7) is 14.6. The van der Waals surface area contributed by atoms with Crippen LogP contribution in [0.2, 0.25) is 0 Å². The molecule has 2 saturated carbocycles. The van der Waals surface area contributed by atoms with Gasteiger partial charge in [-0.1, -0.05) is 39.0 Å². The first kappa shape index (κ1) is 46.1. The van der Waals surface area contributed by atoms with Crippen molar-refractivity contribution in [1.29, 1.82) is 0 Å². The predicted molar refractivity (Wildman–Crippen MR) is 222 cm³/mol. The molecule has 4 heterocycles. The quantitative estimate of drug-likeness (QED) is 0.144. The monoisotopic (exact) mass is 895 g/mol. The molecular weight excluding hydrogens is 835 g/mol. The van der Waals surface area contributed by atoms with Crippen molar-refractivity contribution in [3.05, 3.63) is 65.4 Å². The molecule has 1 aromatic heterocycles. The average molecular weight is 896 g/mol. The molecule has 2 aromatic rings. The number of oxazole rings is 1. The zero-order valence-electron chi connectivity index (χ0n) is 37.6. The fraction of sp³-hybridized carbons (Fsp3) is 0.674. The molecule has 4 N–H and O–H groups in total. The number of hydrogen-bond acceptors (Lipinski definition) is 17. The molecule has 13 atom stereocenters. The minimum absolute atomic E-state index is 0.0338. The number of aromatic nitrogens is 1. The highest BCUT2D eigenvalue weighted by molar-refractivity contribution is 5.89. The molecule has 5 fully saturated rings. The normalized spacial score (nSPS) is 36.2. The van der Waals surface area contributed by atoms with E-state index in [1.54, 1.807) is 58.0 Å². The van der Waals surface area contributed by atoms with Crippen molar-refractivity contribution >= 4 is 24.0 Å². The van der Waals surface area contributed by atoms with E-state index < -0.39 is 107 Å². The van der Waals surface area contributed by atoms with E-state index in [1.165, 1.54) is 13.1 Å². The van der Waals surface area contributed by atoms with E-state index in [0.717, 1.165) is 19.4 Å². The Bertz CT molecular complexity index is 2120.